The largest absolute Gasteiger partial charge is 0.356 e. The van der Waals surface area contributed by atoms with Crippen LogP contribution in [-0.2, 0) is 19.2 Å². The number of hydrogen-bond acceptors (Lipinski definition) is 4. The van der Waals surface area contributed by atoms with Crippen LogP contribution in [0.25, 0.3) is 0 Å². The number of amides is 3. The van der Waals surface area contributed by atoms with Gasteiger partial charge in [-0.1, -0.05) is 26.7 Å². The number of carbonyl (C=O) groups is 4. The summed E-state index contributed by atoms with van der Waals surface area (Å²) < 4.78 is 0. The van der Waals surface area contributed by atoms with E-state index in [2.05, 4.69) is 16.0 Å². The van der Waals surface area contributed by atoms with E-state index in [-0.39, 0.29) is 35.5 Å². The van der Waals surface area contributed by atoms with E-state index < -0.39 is 12.1 Å². The monoisotopic (exact) mass is 365 g/mol. The topological polar surface area (TPSA) is 104 Å². The van der Waals surface area contributed by atoms with Crippen molar-refractivity contribution in [3.63, 3.8) is 0 Å². The van der Waals surface area contributed by atoms with Crippen LogP contribution in [0.15, 0.2) is 0 Å². The fraction of sp³-hybridized carbons (Fsp3) is 0.789. The maximum atomic E-state index is 12.6. The molecule has 0 bridgehead atoms. The molecule has 0 spiro atoms. The average Bonchev–Trinajstić information content (AvgIpc) is 2.92. The van der Waals surface area contributed by atoms with Gasteiger partial charge in [0.15, 0.2) is 0 Å². The lowest BCUT2D eigenvalue weighted by molar-refractivity contribution is -0.131. The molecule has 2 heterocycles. The van der Waals surface area contributed by atoms with Gasteiger partial charge < -0.3 is 20.7 Å². The van der Waals surface area contributed by atoms with Crippen LogP contribution < -0.4 is 16.0 Å². The van der Waals surface area contributed by atoms with Gasteiger partial charge in [0.25, 0.3) is 0 Å². The molecule has 3 N–H and O–H groups in total. The van der Waals surface area contributed by atoms with Crippen LogP contribution in [0.1, 0.15) is 58.8 Å². The van der Waals surface area contributed by atoms with E-state index in [0.717, 1.165) is 25.7 Å². The summed E-state index contributed by atoms with van der Waals surface area (Å²) in [7, 11) is 0. The molecule has 7 nitrogen and oxygen atoms in total. The Hall–Kier alpha value is -1.92. The first-order valence-corrected chi connectivity index (χ1v) is 9.73. The second-order valence-electron chi connectivity index (χ2n) is 7.95. The first-order chi connectivity index (χ1) is 12.4. The second-order valence-corrected chi connectivity index (χ2v) is 7.95. The van der Waals surface area contributed by atoms with E-state index in [1.807, 2.05) is 13.8 Å². The molecule has 146 valence electrons. The van der Waals surface area contributed by atoms with Gasteiger partial charge >= 0.3 is 0 Å². The molecule has 2 aliphatic rings. The van der Waals surface area contributed by atoms with Gasteiger partial charge in [0.1, 0.15) is 12.3 Å². The van der Waals surface area contributed by atoms with Gasteiger partial charge in [-0.3, -0.25) is 14.4 Å². The van der Waals surface area contributed by atoms with E-state index in [4.69, 9.17) is 0 Å². The van der Waals surface area contributed by atoms with E-state index in [1.54, 1.807) is 0 Å². The molecular weight excluding hydrogens is 334 g/mol. The van der Waals surface area contributed by atoms with E-state index >= 15 is 0 Å². The van der Waals surface area contributed by atoms with Gasteiger partial charge in [-0.05, 0) is 37.5 Å². The normalized spacial score (nSPS) is 31.4. The van der Waals surface area contributed by atoms with Crippen LogP contribution in [0, 0.1) is 17.8 Å². The Labute approximate surface area is 155 Å². The molecule has 4 atom stereocenters. The van der Waals surface area contributed by atoms with Crippen molar-refractivity contribution in [2.24, 2.45) is 17.8 Å². The maximum absolute atomic E-state index is 12.6. The summed E-state index contributed by atoms with van der Waals surface area (Å²) in [6.07, 6.45) is 5.45. The number of rotatable bonds is 3. The third-order valence-electron chi connectivity index (χ3n) is 5.28. The zero-order valence-electron chi connectivity index (χ0n) is 15.8. The van der Waals surface area contributed by atoms with Crippen LogP contribution in [-0.4, -0.2) is 42.6 Å². The smallest absolute Gasteiger partial charge is 0.243 e. The molecule has 3 amide bonds. The van der Waals surface area contributed by atoms with Gasteiger partial charge in [-0.15, -0.1) is 0 Å². The van der Waals surface area contributed by atoms with Gasteiger partial charge in [-0.2, -0.15) is 0 Å². The predicted octanol–water partition coefficient (Wildman–Crippen LogP) is 0.917. The molecule has 0 aromatic rings. The third kappa shape index (κ3) is 5.81. The summed E-state index contributed by atoms with van der Waals surface area (Å²) in [4.78, 5) is 48.4. The summed E-state index contributed by atoms with van der Waals surface area (Å²) in [6, 6.07) is -1.37. The van der Waals surface area contributed by atoms with E-state index in [9.17, 15) is 19.2 Å². The minimum atomic E-state index is -0.714. The molecule has 26 heavy (non-hydrogen) atoms. The molecule has 0 aliphatic carbocycles. The summed E-state index contributed by atoms with van der Waals surface area (Å²) >= 11 is 0. The van der Waals surface area contributed by atoms with Crippen molar-refractivity contribution in [3.8, 4) is 0 Å². The van der Waals surface area contributed by atoms with Crippen molar-refractivity contribution < 1.29 is 19.2 Å². The maximum Gasteiger partial charge on any atom is 0.243 e. The highest BCUT2D eigenvalue weighted by atomic mass is 16.2. The van der Waals surface area contributed by atoms with Gasteiger partial charge in [0.2, 0.25) is 17.7 Å². The summed E-state index contributed by atoms with van der Waals surface area (Å²) in [6.45, 7) is 4.59. The zero-order chi connectivity index (χ0) is 19.1. The lowest BCUT2D eigenvalue weighted by Gasteiger charge is -2.25. The molecule has 0 aromatic heterocycles. The van der Waals surface area contributed by atoms with Crippen LogP contribution in [0.2, 0.25) is 0 Å². The first-order valence-electron chi connectivity index (χ1n) is 9.73. The molecule has 0 unspecified atom stereocenters. The van der Waals surface area contributed by atoms with Crippen molar-refractivity contribution in [3.05, 3.63) is 0 Å². The minimum absolute atomic E-state index is 0.0322. The fourth-order valence-electron chi connectivity index (χ4n) is 3.87. The van der Waals surface area contributed by atoms with Crippen molar-refractivity contribution in [1.82, 2.24) is 16.0 Å². The summed E-state index contributed by atoms with van der Waals surface area (Å²) in [5.41, 5.74) is 0. The van der Waals surface area contributed by atoms with Gasteiger partial charge in [0.05, 0.1) is 6.04 Å². The zero-order valence-corrected chi connectivity index (χ0v) is 15.8. The van der Waals surface area contributed by atoms with Gasteiger partial charge in [0, 0.05) is 18.9 Å². The van der Waals surface area contributed by atoms with Crippen molar-refractivity contribution in [2.75, 3.05) is 6.54 Å². The Kier molecular flexibility index (Phi) is 7.60. The summed E-state index contributed by atoms with van der Waals surface area (Å²) in [5, 5.41) is 8.41. The van der Waals surface area contributed by atoms with Crippen molar-refractivity contribution >= 4 is 24.0 Å². The van der Waals surface area contributed by atoms with Crippen LogP contribution in [0.4, 0.5) is 0 Å². The number of aldehydes is 1. The summed E-state index contributed by atoms with van der Waals surface area (Å²) in [5.74, 6) is -0.339. The molecule has 2 fully saturated rings. The minimum Gasteiger partial charge on any atom is -0.356 e. The molecule has 0 radical (unpaired) electrons. The SMILES string of the molecule is CC(C)C[C@@H]1NC(=O)CCCCC[C@H]2CNC(=O)[C@H]2C[C@@H](C=O)NC1=O. The molecule has 2 aliphatic heterocycles. The van der Waals surface area contributed by atoms with Crippen LogP contribution >= 0.6 is 0 Å². The molecule has 2 rings (SSSR count). The first kappa shape index (κ1) is 20.4. The fourth-order valence-corrected chi connectivity index (χ4v) is 3.87. The Balaban J connectivity index is 2.14. The molecule has 0 aromatic carbocycles. The van der Waals surface area contributed by atoms with Crippen LogP contribution in [0.5, 0.6) is 0 Å². The highest BCUT2D eigenvalue weighted by Crippen LogP contribution is 2.28. The highest BCUT2D eigenvalue weighted by molar-refractivity contribution is 5.89. The Morgan fingerprint density at radius 1 is 1.08 bits per heavy atom. The number of carbonyl (C=O) groups excluding carboxylic acids is 4. The molecule has 7 heteroatoms. The molecule has 0 saturated carbocycles. The highest BCUT2D eigenvalue weighted by Gasteiger charge is 2.36. The quantitative estimate of drug-likeness (QED) is 0.647. The molecular formula is C19H31N3O4. The van der Waals surface area contributed by atoms with Crippen molar-refractivity contribution in [2.45, 2.75) is 70.9 Å². The van der Waals surface area contributed by atoms with E-state index in [1.165, 1.54) is 0 Å². The van der Waals surface area contributed by atoms with Crippen LogP contribution in [0.3, 0.4) is 0 Å². The predicted molar refractivity (Wildman–Crippen MR) is 97.1 cm³/mol. The standard InChI is InChI=1S/C19H31N3O4/c1-12(2)8-16-19(26)21-14(11-23)9-15-13(10-20-18(15)25)6-4-3-5-7-17(24)22-16/h11-16H,3-10H2,1-2H3,(H,20,25)(H,21,26)(H,22,24)/t13-,14-,15-,16-/m0/s1. The van der Waals surface area contributed by atoms with E-state index in [0.29, 0.717) is 32.1 Å². The lowest BCUT2D eigenvalue weighted by Crippen LogP contribution is -2.51. The second kappa shape index (κ2) is 9.69. The number of fused-ring (bicyclic) bond motifs is 1. The Bertz CT molecular complexity index is 535. The Morgan fingerprint density at radius 2 is 1.85 bits per heavy atom. The number of hydrogen-bond donors (Lipinski definition) is 3. The number of nitrogens with one attached hydrogen (secondary N) is 3. The Morgan fingerprint density at radius 3 is 2.54 bits per heavy atom. The van der Waals surface area contributed by atoms with Crippen molar-refractivity contribution in [1.29, 1.82) is 0 Å². The lowest BCUT2D eigenvalue weighted by atomic mass is 9.85. The third-order valence-corrected chi connectivity index (χ3v) is 5.28. The van der Waals surface area contributed by atoms with Gasteiger partial charge in [-0.25, -0.2) is 0 Å². The average molecular weight is 365 g/mol. The molecule has 2 saturated heterocycles.